The van der Waals surface area contributed by atoms with Crippen molar-refractivity contribution >= 4 is 0 Å². The monoisotopic (exact) mass is 262 g/mol. The van der Waals surface area contributed by atoms with Gasteiger partial charge in [-0.25, -0.2) is 0 Å². The maximum Gasteiger partial charge on any atom is 0.0230 e. The summed E-state index contributed by atoms with van der Waals surface area (Å²) < 4.78 is 0. The molecule has 2 N–H and O–H groups in total. The number of nitrogens with zero attached hydrogens (tertiary/aromatic N) is 1. The molecule has 1 atom stereocenters. The molecule has 0 aliphatic heterocycles. The van der Waals surface area contributed by atoms with Crippen LogP contribution < -0.4 is 5.73 Å². The van der Waals surface area contributed by atoms with Gasteiger partial charge in [-0.2, -0.15) is 0 Å². The van der Waals surface area contributed by atoms with Crippen molar-refractivity contribution < 1.29 is 0 Å². The summed E-state index contributed by atoms with van der Waals surface area (Å²) in [5.74, 6) is 1.18. The fourth-order valence-corrected chi connectivity index (χ4v) is 2.10. The Labute approximate surface area is 119 Å². The van der Waals surface area contributed by atoms with Crippen LogP contribution in [-0.4, -0.2) is 24.5 Å². The van der Waals surface area contributed by atoms with Crippen molar-refractivity contribution in [3.8, 4) is 0 Å². The van der Waals surface area contributed by atoms with Crippen molar-refractivity contribution in [1.82, 2.24) is 4.90 Å². The van der Waals surface area contributed by atoms with Crippen LogP contribution in [0.5, 0.6) is 0 Å². The molecule has 0 saturated heterocycles. The van der Waals surface area contributed by atoms with Crippen LogP contribution in [0.1, 0.15) is 51.2 Å². The standard InChI is InChI=1S/C17H30N2/c1-13(2)16-8-6-15(7-9-16)12-19(5)11-10-17(18)14(3)4/h6-9,13-14,17H,10-12,18H2,1-5H3. The van der Waals surface area contributed by atoms with E-state index < -0.39 is 0 Å². The molecule has 0 radical (unpaired) electrons. The molecule has 2 heteroatoms. The summed E-state index contributed by atoms with van der Waals surface area (Å²) in [6, 6.07) is 9.29. The molecule has 0 aliphatic carbocycles. The number of benzene rings is 1. The Morgan fingerprint density at radius 1 is 1.05 bits per heavy atom. The van der Waals surface area contributed by atoms with E-state index in [-0.39, 0.29) is 0 Å². The molecule has 0 heterocycles. The van der Waals surface area contributed by atoms with Crippen LogP contribution in [0.2, 0.25) is 0 Å². The van der Waals surface area contributed by atoms with Gasteiger partial charge in [0.1, 0.15) is 0 Å². The average molecular weight is 262 g/mol. The van der Waals surface area contributed by atoms with Gasteiger partial charge >= 0.3 is 0 Å². The first-order valence-electron chi connectivity index (χ1n) is 7.43. The molecule has 1 aromatic rings. The lowest BCUT2D eigenvalue weighted by molar-refractivity contribution is 0.296. The summed E-state index contributed by atoms with van der Waals surface area (Å²) in [7, 11) is 2.17. The third kappa shape index (κ3) is 5.75. The molecule has 0 saturated carbocycles. The van der Waals surface area contributed by atoms with Gasteiger partial charge in [-0.15, -0.1) is 0 Å². The number of hydrogen-bond donors (Lipinski definition) is 1. The Morgan fingerprint density at radius 2 is 1.63 bits per heavy atom. The SMILES string of the molecule is CC(C)c1ccc(CN(C)CCC(N)C(C)C)cc1. The molecule has 0 spiro atoms. The predicted molar refractivity (Wildman–Crippen MR) is 84.3 cm³/mol. The Kier molecular flexibility index (Phi) is 6.53. The van der Waals surface area contributed by atoms with Gasteiger partial charge in [0.15, 0.2) is 0 Å². The van der Waals surface area contributed by atoms with E-state index in [1.807, 2.05) is 0 Å². The maximum absolute atomic E-state index is 6.08. The third-order valence-electron chi connectivity index (χ3n) is 3.80. The minimum Gasteiger partial charge on any atom is -0.327 e. The first kappa shape index (κ1) is 16.2. The van der Waals surface area contributed by atoms with Crippen LogP contribution in [0.15, 0.2) is 24.3 Å². The van der Waals surface area contributed by atoms with E-state index in [9.17, 15) is 0 Å². The molecule has 0 fully saturated rings. The molecule has 1 unspecified atom stereocenters. The summed E-state index contributed by atoms with van der Waals surface area (Å²) in [5.41, 5.74) is 8.87. The lowest BCUT2D eigenvalue weighted by Gasteiger charge is -2.21. The number of hydrogen-bond acceptors (Lipinski definition) is 2. The van der Waals surface area contributed by atoms with E-state index in [4.69, 9.17) is 5.73 Å². The Bertz CT molecular complexity index is 354. The number of nitrogens with two attached hydrogens (primary N) is 1. The van der Waals surface area contributed by atoms with E-state index in [1.54, 1.807) is 0 Å². The van der Waals surface area contributed by atoms with E-state index >= 15 is 0 Å². The van der Waals surface area contributed by atoms with Crippen molar-refractivity contribution in [2.45, 2.75) is 52.6 Å². The molecule has 108 valence electrons. The van der Waals surface area contributed by atoms with Gasteiger partial charge in [-0.3, -0.25) is 0 Å². The summed E-state index contributed by atoms with van der Waals surface area (Å²) in [6.45, 7) is 10.9. The second kappa shape index (κ2) is 7.66. The smallest absolute Gasteiger partial charge is 0.0230 e. The summed E-state index contributed by atoms with van der Waals surface area (Å²) in [5, 5.41) is 0. The van der Waals surface area contributed by atoms with Crippen LogP contribution in [-0.2, 0) is 6.54 Å². The summed E-state index contributed by atoms with van der Waals surface area (Å²) >= 11 is 0. The first-order valence-corrected chi connectivity index (χ1v) is 7.43. The highest BCUT2D eigenvalue weighted by atomic mass is 15.1. The van der Waals surface area contributed by atoms with Gasteiger partial charge in [-0.05, 0) is 43.0 Å². The van der Waals surface area contributed by atoms with Crippen molar-refractivity contribution in [1.29, 1.82) is 0 Å². The fraction of sp³-hybridized carbons (Fsp3) is 0.647. The Balaban J connectivity index is 2.41. The minimum absolute atomic E-state index is 0.311. The van der Waals surface area contributed by atoms with Crippen molar-refractivity contribution in [3.05, 3.63) is 35.4 Å². The highest BCUT2D eigenvalue weighted by Crippen LogP contribution is 2.15. The van der Waals surface area contributed by atoms with Crippen LogP contribution in [0.3, 0.4) is 0 Å². The molecule has 2 nitrogen and oxygen atoms in total. The predicted octanol–water partition coefficient (Wildman–Crippen LogP) is 3.62. The Morgan fingerprint density at radius 3 is 2.11 bits per heavy atom. The molecule has 0 bridgehead atoms. The van der Waals surface area contributed by atoms with Gasteiger partial charge in [-0.1, -0.05) is 52.0 Å². The zero-order valence-corrected chi connectivity index (χ0v) is 13.2. The van der Waals surface area contributed by atoms with Gasteiger partial charge in [0.2, 0.25) is 0 Å². The molecule has 19 heavy (non-hydrogen) atoms. The highest BCUT2D eigenvalue weighted by Gasteiger charge is 2.09. The summed E-state index contributed by atoms with van der Waals surface area (Å²) in [6.07, 6.45) is 1.07. The molecule has 1 aromatic carbocycles. The quantitative estimate of drug-likeness (QED) is 0.813. The highest BCUT2D eigenvalue weighted by molar-refractivity contribution is 5.24. The lowest BCUT2D eigenvalue weighted by atomic mass is 10.0. The summed E-state index contributed by atoms with van der Waals surface area (Å²) in [4.78, 5) is 2.35. The molecular weight excluding hydrogens is 232 g/mol. The second-order valence-corrected chi connectivity index (χ2v) is 6.33. The molecule has 0 amide bonds. The van der Waals surface area contributed by atoms with Crippen molar-refractivity contribution in [3.63, 3.8) is 0 Å². The second-order valence-electron chi connectivity index (χ2n) is 6.33. The topological polar surface area (TPSA) is 29.3 Å². The minimum atomic E-state index is 0.311. The van der Waals surface area contributed by atoms with E-state index in [2.05, 4.69) is 63.9 Å². The van der Waals surface area contributed by atoms with Gasteiger partial charge in [0.05, 0.1) is 0 Å². The zero-order chi connectivity index (χ0) is 14.4. The van der Waals surface area contributed by atoms with Gasteiger partial charge in [0.25, 0.3) is 0 Å². The molecule has 0 aliphatic rings. The molecular formula is C17H30N2. The largest absolute Gasteiger partial charge is 0.327 e. The van der Waals surface area contributed by atoms with Crippen LogP contribution in [0.25, 0.3) is 0 Å². The lowest BCUT2D eigenvalue weighted by Crippen LogP contribution is -2.31. The fourth-order valence-electron chi connectivity index (χ4n) is 2.10. The van der Waals surface area contributed by atoms with Crippen LogP contribution in [0, 0.1) is 5.92 Å². The van der Waals surface area contributed by atoms with Crippen LogP contribution >= 0.6 is 0 Å². The molecule has 0 aromatic heterocycles. The van der Waals surface area contributed by atoms with E-state index in [1.165, 1.54) is 11.1 Å². The van der Waals surface area contributed by atoms with Gasteiger partial charge < -0.3 is 10.6 Å². The van der Waals surface area contributed by atoms with Crippen molar-refractivity contribution in [2.75, 3.05) is 13.6 Å². The zero-order valence-electron chi connectivity index (χ0n) is 13.2. The number of rotatable bonds is 7. The average Bonchev–Trinajstić information content (AvgIpc) is 2.36. The van der Waals surface area contributed by atoms with E-state index in [0.29, 0.717) is 17.9 Å². The Hall–Kier alpha value is -0.860. The van der Waals surface area contributed by atoms with Crippen LogP contribution in [0.4, 0.5) is 0 Å². The third-order valence-corrected chi connectivity index (χ3v) is 3.80. The normalized spacial score (nSPS) is 13.5. The van der Waals surface area contributed by atoms with E-state index in [0.717, 1.165) is 19.5 Å². The van der Waals surface area contributed by atoms with Crippen molar-refractivity contribution in [2.24, 2.45) is 11.7 Å². The van der Waals surface area contributed by atoms with Gasteiger partial charge in [0, 0.05) is 12.6 Å². The molecule has 1 rings (SSSR count). The maximum atomic E-state index is 6.08. The first-order chi connectivity index (χ1) is 8.90.